The highest BCUT2D eigenvalue weighted by Crippen LogP contribution is 2.18. The zero-order valence-electron chi connectivity index (χ0n) is 12.9. The normalized spacial score (nSPS) is 12.5. The second kappa shape index (κ2) is 7.97. The van der Waals surface area contributed by atoms with Gasteiger partial charge in [0, 0.05) is 17.8 Å². The topological polar surface area (TPSA) is 47.0 Å². The first kappa shape index (κ1) is 15.7. The molecule has 0 spiro atoms. The monoisotopic (exact) mass is 265 g/mol. The van der Waals surface area contributed by atoms with Crippen LogP contribution in [0.25, 0.3) is 0 Å². The first-order valence-electron chi connectivity index (χ1n) is 7.35. The molecule has 0 radical (unpaired) electrons. The number of nitrogens with zero attached hydrogens (tertiary/aromatic N) is 2. The van der Waals surface area contributed by atoms with Gasteiger partial charge in [0.1, 0.15) is 0 Å². The van der Waals surface area contributed by atoms with E-state index in [0.717, 1.165) is 25.0 Å². The average Bonchev–Trinajstić information content (AvgIpc) is 2.37. The highest BCUT2D eigenvalue weighted by molar-refractivity contribution is 5.31. The maximum absolute atomic E-state index is 5.58. The van der Waals surface area contributed by atoms with Crippen molar-refractivity contribution in [2.45, 2.75) is 59.9 Å². The molecule has 4 heteroatoms. The predicted octanol–water partition coefficient (Wildman–Crippen LogP) is 3.81. The molecule has 19 heavy (non-hydrogen) atoms. The van der Waals surface area contributed by atoms with Gasteiger partial charge in [0.05, 0.1) is 6.61 Å². The number of aromatic nitrogens is 2. The molecule has 0 bridgehead atoms. The van der Waals surface area contributed by atoms with Crippen LogP contribution >= 0.6 is 0 Å². The van der Waals surface area contributed by atoms with E-state index in [-0.39, 0.29) is 0 Å². The molecule has 1 aromatic heterocycles. The van der Waals surface area contributed by atoms with E-state index in [4.69, 9.17) is 4.74 Å². The number of anilines is 1. The zero-order chi connectivity index (χ0) is 14.3. The molecule has 1 aromatic rings. The van der Waals surface area contributed by atoms with Crippen LogP contribution in [-0.2, 0) is 0 Å². The van der Waals surface area contributed by atoms with Crippen LogP contribution in [0.3, 0.4) is 0 Å². The summed E-state index contributed by atoms with van der Waals surface area (Å²) in [5, 5.41) is 3.40. The van der Waals surface area contributed by atoms with Crippen LogP contribution in [0.5, 0.6) is 5.88 Å². The van der Waals surface area contributed by atoms with Crippen molar-refractivity contribution < 1.29 is 4.74 Å². The Morgan fingerprint density at radius 2 is 1.89 bits per heavy atom. The Morgan fingerprint density at radius 3 is 2.47 bits per heavy atom. The van der Waals surface area contributed by atoms with Gasteiger partial charge in [-0.3, -0.25) is 0 Å². The van der Waals surface area contributed by atoms with E-state index in [9.17, 15) is 0 Å². The van der Waals surface area contributed by atoms with Crippen molar-refractivity contribution in [2.75, 3.05) is 11.9 Å². The summed E-state index contributed by atoms with van der Waals surface area (Å²) in [5.74, 6) is 1.98. The van der Waals surface area contributed by atoms with E-state index in [1.807, 2.05) is 13.0 Å². The molecule has 0 saturated carbocycles. The van der Waals surface area contributed by atoms with Gasteiger partial charge in [-0.2, -0.15) is 4.98 Å². The summed E-state index contributed by atoms with van der Waals surface area (Å²) in [4.78, 5) is 8.85. The maximum atomic E-state index is 5.58. The van der Waals surface area contributed by atoms with Gasteiger partial charge in [0.25, 0.3) is 0 Å². The number of nitrogens with one attached hydrogen (secondary N) is 1. The van der Waals surface area contributed by atoms with Gasteiger partial charge < -0.3 is 10.1 Å². The zero-order valence-corrected chi connectivity index (χ0v) is 12.9. The third-order valence-corrected chi connectivity index (χ3v) is 3.40. The van der Waals surface area contributed by atoms with Crippen LogP contribution in [0.4, 0.5) is 5.95 Å². The summed E-state index contributed by atoms with van der Waals surface area (Å²) in [6.45, 7) is 11.4. The third kappa shape index (κ3) is 5.05. The van der Waals surface area contributed by atoms with Crippen LogP contribution in [0.2, 0.25) is 0 Å². The second-order valence-corrected chi connectivity index (χ2v) is 5.03. The summed E-state index contributed by atoms with van der Waals surface area (Å²) in [7, 11) is 0. The van der Waals surface area contributed by atoms with Gasteiger partial charge in [-0.15, -0.1) is 0 Å². The standard InChI is InChI=1S/C15H27N3O/c1-6-9-19-14-10-11(4)16-15(18-14)17-12(5)13(7-2)8-3/h10,12-13H,6-9H2,1-5H3,(H,16,17,18). The largest absolute Gasteiger partial charge is 0.478 e. The Balaban J connectivity index is 2.74. The lowest BCUT2D eigenvalue weighted by molar-refractivity contribution is 0.304. The molecule has 0 fully saturated rings. The lowest BCUT2D eigenvalue weighted by Crippen LogP contribution is -2.26. The summed E-state index contributed by atoms with van der Waals surface area (Å²) in [6, 6.07) is 2.25. The Bertz CT molecular complexity index is 378. The smallest absolute Gasteiger partial charge is 0.226 e. The summed E-state index contributed by atoms with van der Waals surface area (Å²) >= 11 is 0. The Labute approximate surface area is 117 Å². The molecule has 1 rings (SSSR count). The number of hydrogen-bond donors (Lipinski definition) is 1. The summed E-state index contributed by atoms with van der Waals surface area (Å²) < 4.78 is 5.58. The Hall–Kier alpha value is -1.32. The molecule has 1 atom stereocenters. The quantitative estimate of drug-likeness (QED) is 0.776. The van der Waals surface area contributed by atoms with E-state index < -0.39 is 0 Å². The van der Waals surface area contributed by atoms with Crippen molar-refractivity contribution in [2.24, 2.45) is 5.92 Å². The highest BCUT2D eigenvalue weighted by Gasteiger charge is 2.14. The fraction of sp³-hybridized carbons (Fsp3) is 0.733. The highest BCUT2D eigenvalue weighted by atomic mass is 16.5. The first-order chi connectivity index (χ1) is 9.10. The van der Waals surface area contributed by atoms with Crippen molar-refractivity contribution in [3.63, 3.8) is 0 Å². The Morgan fingerprint density at radius 1 is 1.21 bits per heavy atom. The lowest BCUT2D eigenvalue weighted by atomic mass is 9.96. The molecule has 0 amide bonds. The van der Waals surface area contributed by atoms with E-state index >= 15 is 0 Å². The molecule has 0 aliphatic rings. The molecule has 108 valence electrons. The van der Waals surface area contributed by atoms with Crippen LogP contribution in [0, 0.1) is 12.8 Å². The first-order valence-corrected chi connectivity index (χ1v) is 7.35. The molecule has 1 N–H and O–H groups in total. The molecule has 0 aliphatic carbocycles. The number of hydrogen-bond acceptors (Lipinski definition) is 4. The van der Waals surface area contributed by atoms with Crippen LogP contribution in [0.15, 0.2) is 6.07 Å². The third-order valence-electron chi connectivity index (χ3n) is 3.40. The maximum Gasteiger partial charge on any atom is 0.226 e. The molecular formula is C15H27N3O. The van der Waals surface area contributed by atoms with E-state index in [1.165, 1.54) is 0 Å². The average molecular weight is 265 g/mol. The van der Waals surface area contributed by atoms with Crippen LogP contribution in [0.1, 0.15) is 52.7 Å². The van der Waals surface area contributed by atoms with Gasteiger partial charge in [-0.1, -0.05) is 33.6 Å². The van der Waals surface area contributed by atoms with Crippen molar-refractivity contribution >= 4 is 5.95 Å². The molecule has 1 unspecified atom stereocenters. The molecule has 0 aliphatic heterocycles. The van der Waals surface area contributed by atoms with Crippen LogP contribution in [-0.4, -0.2) is 22.6 Å². The van der Waals surface area contributed by atoms with Gasteiger partial charge in [0.15, 0.2) is 0 Å². The van der Waals surface area contributed by atoms with Crippen molar-refractivity contribution in [3.8, 4) is 5.88 Å². The molecule has 4 nitrogen and oxygen atoms in total. The SMILES string of the molecule is CCCOc1cc(C)nc(NC(C)C(CC)CC)n1. The van der Waals surface area contributed by atoms with E-state index in [1.54, 1.807) is 0 Å². The van der Waals surface area contributed by atoms with Gasteiger partial charge in [0.2, 0.25) is 11.8 Å². The molecule has 1 heterocycles. The van der Waals surface area contributed by atoms with Gasteiger partial charge >= 0.3 is 0 Å². The summed E-state index contributed by atoms with van der Waals surface area (Å²) in [5.41, 5.74) is 0.931. The van der Waals surface area contributed by atoms with Crippen molar-refractivity contribution in [1.29, 1.82) is 0 Å². The summed E-state index contributed by atoms with van der Waals surface area (Å²) in [6.07, 6.45) is 3.31. The Kier molecular flexibility index (Phi) is 6.60. The van der Waals surface area contributed by atoms with Gasteiger partial charge in [-0.25, -0.2) is 4.98 Å². The predicted molar refractivity (Wildman–Crippen MR) is 79.7 cm³/mol. The minimum absolute atomic E-state index is 0.371. The fourth-order valence-corrected chi connectivity index (χ4v) is 2.20. The van der Waals surface area contributed by atoms with Gasteiger partial charge in [-0.05, 0) is 26.2 Å². The molecular weight excluding hydrogens is 238 g/mol. The van der Waals surface area contributed by atoms with E-state index in [2.05, 4.69) is 43.0 Å². The number of ether oxygens (including phenoxy) is 1. The minimum Gasteiger partial charge on any atom is -0.478 e. The molecule has 0 aromatic carbocycles. The van der Waals surface area contributed by atoms with Crippen molar-refractivity contribution in [3.05, 3.63) is 11.8 Å². The fourth-order valence-electron chi connectivity index (χ4n) is 2.20. The molecule has 0 saturated heterocycles. The minimum atomic E-state index is 0.371. The van der Waals surface area contributed by atoms with Crippen molar-refractivity contribution in [1.82, 2.24) is 9.97 Å². The lowest BCUT2D eigenvalue weighted by Gasteiger charge is -2.22. The van der Waals surface area contributed by atoms with Crippen LogP contribution < -0.4 is 10.1 Å². The van der Waals surface area contributed by atoms with E-state index in [0.29, 0.717) is 30.4 Å². The second-order valence-electron chi connectivity index (χ2n) is 5.03. The number of aryl methyl sites for hydroxylation is 1. The number of rotatable bonds is 8.